The maximum Gasteiger partial charge on any atom is 0.238 e. The van der Waals surface area contributed by atoms with Crippen LogP contribution < -0.4 is 9.64 Å². The monoisotopic (exact) mass is 752 g/mol. The summed E-state index contributed by atoms with van der Waals surface area (Å²) in [7, 11) is 0. The molecule has 2 amide bonds. The van der Waals surface area contributed by atoms with E-state index in [2.05, 4.69) is 20.9 Å². The Morgan fingerprint density at radius 1 is 0.885 bits per heavy atom. The zero-order chi connectivity index (χ0) is 35.7. The van der Waals surface area contributed by atoms with Crippen molar-refractivity contribution < 1.29 is 33.4 Å². The van der Waals surface area contributed by atoms with E-state index in [1.807, 2.05) is 60.7 Å². The zero-order valence-corrected chi connectivity index (χ0v) is 29.1. The number of para-hydroxylation sites is 2. The number of ether oxygens (including phenoxy) is 1. The van der Waals surface area contributed by atoms with Gasteiger partial charge in [-0.2, -0.15) is 0 Å². The van der Waals surface area contributed by atoms with E-state index < -0.39 is 23.7 Å². The van der Waals surface area contributed by atoms with Crippen molar-refractivity contribution in [2.45, 2.75) is 25.4 Å². The highest BCUT2D eigenvalue weighted by Gasteiger charge is 2.57. The number of phenolic OH excluding ortho intramolecular Hbond substituents is 1. The Morgan fingerprint density at radius 2 is 1.65 bits per heavy atom. The minimum Gasteiger partial charge on any atom is -0.507 e. The molecule has 1 aliphatic heterocycles. The van der Waals surface area contributed by atoms with Crippen molar-refractivity contribution >= 4 is 56.1 Å². The number of carbonyl (C=O) groups is 4. The first-order chi connectivity index (χ1) is 25.3. The molecule has 0 saturated carbocycles. The quantitative estimate of drug-likeness (QED) is 0.106. The molecular formula is C42H29BrN2O7. The van der Waals surface area contributed by atoms with E-state index in [0.29, 0.717) is 40.6 Å². The first-order valence-electron chi connectivity index (χ1n) is 17.0. The van der Waals surface area contributed by atoms with E-state index in [4.69, 9.17) is 9.15 Å². The first-order valence-corrected chi connectivity index (χ1v) is 17.8. The fourth-order valence-corrected chi connectivity index (χ4v) is 8.61. The minimum absolute atomic E-state index is 0.102. The van der Waals surface area contributed by atoms with Crippen molar-refractivity contribution in [3.63, 3.8) is 0 Å². The average molecular weight is 754 g/mol. The molecule has 0 bridgehead atoms. The van der Waals surface area contributed by atoms with Gasteiger partial charge in [0.25, 0.3) is 0 Å². The van der Waals surface area contributed by atoms with Gasteiger partial charge in [-0.1, -0.05) is 60.2 Å². The lowest BCUT2D eigenvalue weighted by Crippen LogP contribution is -2.39. The molecule has 9 rings (SSSR count). The van der Waals surface area contributed by atoms with Crippen LogP contribution in [0.4, 0.5) is 5.69 Å². The molecule has 1 fully saturated rings. The maximum absolute atomic E-state index is 14.4. The van der Waals surface area contributed by atoms with Gasteiger partial charge < -0.3 is 14.3 Å². The van der Waals surface area contributed by atoms with Crippen molar-refractivity contribution in [3.8, 4) is 23.0 Å². The molecule has 9 nitrogen and oxygen atoms in total. The molecule has 4 unspecified atom stereocenters. The second kappa shape index (κ2) is 12.4. The van der Waals surface area contributed by atoms with Crippen molar-refractivity contribution in [1.82, 2.24) is 4.98 Å². The van der Waals surface area contributed by atoms with Crippen LogP contribution in [0.2, 0.25) is 0 Å². The third-order valence-corrected chi connectivity index (χ3v) is 11.1. The van der Waals surface area contributed by atoms with E-state index in [9.17, 15) is 24.3 Å². The average Bonchev–Trinajstić information content (AvgIpc) is 3.71. The van der Waals surface area contributed by atoms with Gasteiger partial charge in [0.15, 0.2) is 17.1 Å². The second-order valence-electron chi connectivity index (χ2n) is 13.4. The van der Waals surface area contributed by atoms with Crippen LogP contribution in [-0.4, -0.2) is 33.5 Å². The van der Waals surface area contributed by atoms with Gasteiger partial charge in [-0.05, 0) is 82.7 Å². The topological polar surface area (TPSA) is 127 Å². The number of oxazole rings is 1. The molecule has 52 heavy (non-hydrogen) atoms. The predicted molar refractivity (Wildman–Crippen MR) is 195 cm³/mol. The number of imide groups is 1. The van der Waals surface area contributed by atoms with E-state index in [1.54, 1.807) is 36.4 Å². The molecule has 4 aliphatic rings. The van der Waals surface area contributed by atoms with Crippen molar-refractivity contribution in [2.75, 3.05) is 4.90 Å². The molecule has 3 aliphatic carbocycles. The molecule has 1 aromatic heterocycles. The van der Waals surface area contributed by atoms with Crippen LogP contribution in [0.15, 0.2) is 135 Å². The second-order valence-corrected chi connectivity index (χ2v) is 14.3. The Kier molecular flexibility index (Phi) is 7.66. The number of hydrogen-bond acceptors (Lipinski definition) is 8. The van der Waals surface area contributed by atoms with Crippen molar-refractivity contribution in [1.29, 1.82) is 0 Å². The van der Waals surface area contributed by atoms with Crippen LogP contribution >= 0.6 is 15.9 Å². The fourth-order valence-electron chi connectivity index (χ4n) is 8.16. The number of rotatable bonds is 6. The number of Topliss-reactive ketones (excluding diaryl/α,β-unsaturated/α-hetero) is 1. The Hall–Kier alpha value is -5.87. The van der Waals surface area contributed by atoms with Crippen molar-refractivity contribution in [2.24, 2.45) is 17.8 Å². The highest BCUT2D eigenvalue weighted by Crippen LogP contribution is 2.56. The van der Waals surface area contributed by atoms with E-state index >= 15 is 0 Å². The summed E-state index contributed by atoms with van der Waals surface area (Å²) in [5.74, 6) is -3.34. The predicted octanol–water partition coefficient (Wildman–Crippen LogP) is 7.75. The SMILES string of the molecule is O=C1C=C(Br)C(=O)C2=C1C(c1ccc(OCc3ccccc3)cc1O)C1=CCC3C(=O)N(c4ccc(-c5nc6ccccc6o5)cc4)C(=O)C3C1C2. The molecule has 0 spiro atoms. The number of ketones is 2. The van der Waals surface area contributed by atoms with Crippen LogP contribution in [0.1, 0.15) is 29.9 Å². The summed E-state index contributed by atoms with van der Waals surface area (Å²) < 4.78 is 12.0. The van der Waals surface area contributed by atoms with Gasteiger partial charge in [-0.25, -0.2) is 4.98 Å². The molecule has 1 N–H and O–H groups in total. The summed E-state index contributed by atoms with van der Waals surface area (Å²) >= 11 is 3.27. The highest BCUT2D eigenvalue weighted by atomic mass is 79.9. The molecule has 4 aromatic carbocycles. The summed E-state index contributed by atoms with van der Waals surface area (Å²) in [6.45, 7) is 0.298. The van der Waals surface area contributed by atoms with Crippen LogP contribution in [-0.2, 0) is 25.8 Å². The molecule has 5 aromatic rings. The van der Waals surface area contributed by atoms with Gasteiger partial charge in [0.05, 0.1) is 22.0 Å². The van der Waals surface area contributed by atoms with E-state index in [-0.39, 0.29) is 57.6 Å². The number of nitrogens with zero attached hydrogens (tertiary/aromatic N) is 2. The van der Waals surface area contributed by atoms with Gasteiger partial charge in [-0.15, -0.1) is 0 Å². The lowest BCUT2D eigenvalue weighted by Gasteiger charge is -2.42. The summed E-state index contributed by atoms with van der Waals surface area (Å²) in [5.41, 5.74) is 5.21. The molecule has 1 saturated heterocycles. The number of phenols is 1. The smallest absolute Gasteiger partial charge is 0.238 e. The van der Waals surface area contributed by atoms with Gasteiger partial charge >= 0.3 is 0 Å². The van der Waals surface area contributed by atoms with Crippen LogP contribution in [0, 0.1) is 17.8 Å². The maximum atomic E-state index is 14.4. The molecule has 2 heterocycles. The lowest BCUT2D eigenvalue weighted by atomic mass is 9.59. The molecule has 256 valence electrons. The first kappa shape index (κ1) is 32.1. The minimum atomic E-state index is -0.793. The van der Waals surface area contributed by atoms with Gasteiger partial charge in [-0.3, -0.25) is 24.1 Å². The molecule has 10 heteroatoms. The van der Waals surface area contributed by atoms with Crippen LogP contribution in [0.25, 0.3) is 22.6 Å². The fraction of sp³-hybridized carbons (Fsp3) is 0.167. The Morgan fingerprint density at radius 3 is 2.42 bits per heavy atom. The van der Waals surface area contributed by atoms with Gasteiger partial charge in [0, 0.05) is 40.3 Å². The third kappa shape index (κ3) is 5.16. The number of carbonyl (C=O) groups excluding carboxylic acids is 4. The summed E-state index contributed by atoms with van der Waals surface area (Å²) in [6.07, 6.45) is 3.59. The Balaban J connectivity index is 1.05. The van der Waals surface area contributed by atoms with Crippen LogP contribution in [0.3, 0.4) is 0 Å². The number of anilines is 1. The number of amides is 2. The molecule has 4 atom stereocenters. The largest absolute Gasteiger partial charge is 0.507 e. The highest BCUT2D eigenvalue weighted by molar-refractivity contribution is 9.12. The van der Waals surface area contributed by atoms with Crippen LogP contribution in [0.5, 0.6) is 11.5 Å². The summed E-state index contributed by atoms with van der Waals surface area (Å²) in [6, 6.07) is 29.0. The third-order valence-electron chi connectivity index (χ3n) is 10.6. The zero-order valence-electron chi connectivity index (χ0n) is 27.5. The number of aromatic nitrogens is 1. The van der Waals surface area contributed by atoms with Gasteiger partial charge in [0.1, 0.15) is 23.6 Å². The number of aromatic hydroxyl groups is 1. The number of fused-ring (bicyclic) bond motifs is 4. The normalized spacial score (nSPS) is 22.6. The summed E-state index contributed by atoms with van der Waals surface area (Å²) in [5, 5.41) is 11.5. The number of allylic oxidation sites excluding steroid dienone is 6. The Labute approximate surface area is 306 Å². The van der Waals surface area contributed by atoms with Crippen molar-refractivity contribution in [3.05, 3.63) is 142 Å². The van der Waals surface area contributed by atoms with E-state index in [1.165, 1.54) is 17.0 Å². The summed E-state index contributed by atoms with van der Waals surface area (Å²) in [4.78, 5) is 61.5. The standard InChI is InChI=1S/C42H29BrN2O7/c43-31-20-34(47)38-30(39(31)48)19-29-26(36(38)27-15-14-25(18-33(27)46)51-21-22-6-2-1-3-7-22)16-17-28-37(29)42(50)45(41(28)49)24-12-10-23(11-13-24)40-44-32-8-4-5-9-35(32)52-40/h1-16,18,20,28-29,36-37,46H,17,19,21H2. The molecule has 0 radical (unpaired) electrons. The lowest BCUT2D eigenvalue weighted by molar-refractivity contribution is -0.123. The molecular weight excluding hydrogens is 724 g/mol. The van der Waals surface area contributed by atoms with Gasteiger partial charge in [0.2, 0.25) is 17.7 Å². The van der Waals surface area contributed by atoms with E-state index in [0.717, 1.165) is 16.7 Å². The Bertz CT molecular complexity index is 2410. The number of halogens is 1. The number of hydrogen-bond donors (Lipinski definition) is 1. The number of benzene rings is 4.